The molecule has 0 aliphatic rings. The quantitative estimate of drug-likeness (QED) is 0.486. The van der Waals surface area contributed by atoms with E-state index in [0.29, 0.717) is 23.9 Å². The van der Waals surface area contributed by atoms with Gasteiger partial charge in [-0.25, -0.2) is 13.5 Å². The van der Waals surface area contributed by atoms with E-state index < -0.39 is 27.4 Å². The number of rotatable bonds is 6. The minimum Gasteiger partial charge on any atom is -0.267 e. The van der Waals surface area contributed by atoms with Crippen LogP contribution in [0.4, 0.5) is 0 Å². The van der Waals surface area contributed by atoms with E-state index in [9.17, 15) is 22.8 Å². The predicted octanol–water partition coefficient (Wildman–Crippen LogP) is 1.03. The lowest BCUT2D eigenvalue weighted by atomic mass is 10.1. The van der Waals surface area contributed by atoms with Crippen LogP contribution in [0.2, 0.25) is 0 Å². The SMILES string of the molecule is CCN(CC)S(=O)(=O)c1ccc(C(=O)NNC(=O)c2n[nH]c(=O)c3ccccc23)cc1. The van der Waals surface area contributed by atoms with Crippen LogP contribution in [0.25, 0.3) is 10.8 Å². The Balaban J connectivity index is 1.72. The molecule has 162 valence electrons. The van der Waals surface area contributed by atoms with Crippen molar-refractivity contribution in [3.8, 4) is 0 Å². The predicted molar refractivity (Wildman–Crippen MR) is 114 cm³/mol. The number of benzene rings is 2. The van der Waals surface area contributed by atoms with Crippen LogP contribution in [0, 0.1) is 0 Å². The second kappa shape index (κ2) is 9.06. The Morgan fingerprint density at radius 3 is 2.13 bits per heavy atom. The number of hydrogen-bond donors (Lipinski definition) is 3. The number of amides is 2. The number of carbonyl (C=O) groups excluding carboxylic acids is 2. The van der Waals surface area contributed by atoms with Crippen LogP contribution < -0.4 is 16.4 Å². The van der Waals surface area contributed by atoms with Gasteiger partial charge in [-0.1, -0.05) is 32.0 Å². The van der Waals surface area contributed by atoms with Gasteiger partial charge in [-0.3, -0.25) is 25.2 Å². The summed E-state index contributed by atoms with van der Waals surface area (Å²) >= 11 is 0. The standard InChI is InChI=1S/C20H21N5O5S/c1-3-25(4-2)31(29,30)14-11-9-13(10-12-14)18(26)22-24-20(28)17-15-7-5-6-8-16(15)19(27)23-21-17/h5-12H,3-4H2,1-2H3,(H,22,26)(H,23,27)(H,24,28). The van der Waals surface area contributed by atoms with Crippen molar-refractivity contribution in [2.24, 2.45) is 0 Å². The highest BCUT2D eigenvalue weighted by molar-refractivity contribution is 7.89. The Bertz CT molecular complexity index is 1280. The van der Waals surface area contributed by atoms with Crippen LogP contribution in [-0.2, 0) is 10.0 Å². The van der Waals surface area contributed by atoms with E-state index in [-0.39, 0.29) is 16.2 Å². The number of fused-ring (bicyclic) bond motifs is 1. The smallest absolute Gasteiger partial charge is 0.267 e. The van der Waals surface area contributed by atoms with Crippen molar-refractivity contribution in [2.75, 3.05) is 13.1 Å². The topological polar surface area (TPSA) is 141 Å². The van der Waals surface area contributed by atoms with Gasteiger partial charge in [-0.15, -0.1) is 0 Å². The van der Waals surface area contributed by atoms with Gasteiger partial charge in [0.2, 0.25) is 10.0 Å². The lowest BCUT2D eigenvalue weighted by molar-refractivity contribution is 0.0844. The van der Waals surface area contributed by atoms with E-state index in [0.717, 1.165) is 0 Å². The second-order valence-electron chi connectivity index (χ2n) is 6.47. The second-order valence-corrected chi connectivity index (χ2v) is 8.41. The highest BCUT2D eigenvalue weighted by atomic mass is 32.2. The van der Waals surface area contributed by atoms with Gasteiger partial charge < -0.3 is 0 Å². The van der Waals surface area contributed by atoms with E-state index >= 15 is 0 Å². The van der Waals surface area contributed by atoms with Crippen molar-refractivity contribution in [1.29, 1.82) is 0 Å². The van der Waals surface area contributed by atoms with Crippen molar-refractivity contribution in [2.45, 2.75) is 18.7 Å². The summed E-state index contributed by atoms with van der Waals surface area (Å²) in [5.41, 5.74) is 4.15. The van der Waals surface area contributed by atoms with E-state index in [1.807, 2.05) is 0 Å². The number of sulfonamides is 1. The summed E-state index contributed by atoms with van der Waals surface area (Å²) in [6, 6.07) is 11.8. The maximum Gasteiger partial charge on any atom is 0.290 e. The lowest BCUT2D eigenvalue weighted by Crippen LogP contribution is -2.42. The van der Waals surface area contributed by atoms with Gasteiger partial charge in [-0.05, 0) is 30.3 Å². The van der Waals surface area contributed by atoms with Crippen molar-refractivity contribution in [3.05, 3.63) is 70.1 Å². The number of nitrogens with zero attached hydrogens (tertiary/aromatic N) is 2. The molecule has 2 amide bonds. The fourth-order valence-corrected chi connectivity index (χ4v) is 4.48. The third kappa shape index (κ3) is 4.47. The average Bonchev–Trinajstić information content (AvgIpc) is 2.78. The minimum atomic E-state index is -3.64. The molecule has 0 atom stereocenters. The molecule has 11 heteroatoms. The first kappa shape index (κ1) is 22.1. The fraction of sp³-hybridized carbons (Fsp3) is 0.200. The number of hydrazine groups is 1. The van der Waals surface area contributed by atoms with Crippen LogP contribution in [0.3, 0.4) is 0 Å². The molecule has 0 aliphatic carbocycles. The Labute approximate surface area is 178 Å². The molecular formula is C20H21N5O5S. The first-order chi connectivity index (χ1) is 14.8. The third-order valence-corrected chi connectivity index (χ3v) is 6.72. The molecule has 0 bridgehead atoms. The first-order valence-electron chi connectivity index (χ1n) is 9.48. The number of carbonyl (C=O) groups is 2. The summed E-state index contributed by atoms with van der Waals surface area (Å²) in [7, 11) is -3.64. The van der Waals surface area contributed by atoms with Gasteiger partial charge in [-0.2, -0.15) is 9.40 Å². The summed E-state index contributed by atoms with van der Waals surface area (Å²) in [6.45, 7) is 4.15. The Morgan fingerprint density at radius 2 is 1.52 bits per heavy atom. The van der Waals surface area contributed by atoms with E-state index in [1.54, 1.807) is 38.1 Å². The molecule has 3 N–H and O–H groups in total. The van der Waals surface area contributed by atoms with Gasteiger partial charge in [0.25, 0.3) is 17.4 Å². The van der Waals surface area contributed by atoms with Gasteiger partial charge in [0, 0.05) is 24.0 Å². The van der Waals surface area contributed by atoms with Crippen LogP contribution in [-0.4, -0.2) is 47.8 Å². The first-order valence-corrected chi connectivity index (χ1v) is 10.9. The average molecular weight is 443 g/mol. The van der Waals surface area contributed by atoms with Crippen molar-refractivity contribution < 1.29 is 18.0 Å². The molecule has 31 heavy (non-hydrogen) atoms. The normalized spacial score (nSPS) is 11.5. The summed E-state index contributed by atoms with van der Waals surface area (Å²) in [5.74, 6) is -1.37. The fourth-order valence-electron chi connectivity index (χ4n) is 3.02. The van der Waals surface area contributed by atoms with Crippen LogP contribution in [0.15, 0.2) is 58.2 Å². The molecule has 0 spiro atoms. The summed E-state index contributed by atoms with van der Waals surface area (Å²) in [5, 5.41) is 6.63. The zero-order valence-corrected chi connectivity index (χ0v) is 17.7. The monoisotopic (exact) mass is 443 g/mol. The van der Waals surface area contributed by atoms with Crippen molar-refractivity contribution in [1.82, 2.24) is 25.4 Å². The van der Waals surface area contributed by atoms with Crippen LogP contribution in [0.1, 0.15) is 34.7 Å². The van der Waals surface area contributed by atoms with Gasteiger partial charge >= 0.3 is 0 Å². The molecule has 3 rings (SSSR count). The zero-order chi connectivity index (χ0) is 22.6. The zero-order valence-electron chi connectivity index (χ0n) is 16.9. The molecular weight excluding hydrogens is 422 g/mol. The van der Waals surface area contributed by atoms with E-state index in [1.165, 1.54) is 28.6 Å². The molecule has 0 radical (unpaired) electrons. The molecule has 0 unspecified atom stereocenters. The summed E-state index contributed by atoms with van der Waals surface area (Å²) in [4.78, 5) is 36.7. The Kier molecular flexibility index (Phi) is 6.47. The van der Waals surface area contributed by atoms with Gasteiger partial charge in [0.1, 0.15) is 0 Å². The number of aromatic nitrogens is 2. The molecule has 3 aromatic rings. The molecule has 0 aliphatic heterocycles. The van der Waals surface area contributed by atoms with Gasteiger partial charge in [0.15, 0.2) is 5.69 Å². The number of H-pyrrole nitrogens is 1. The molecule has 0 saturated heterocycles. The Hall–Kier alpha value is -3.57. The molecule has 1 aromatic heterocycles. The number of aromatic amines is 1. The maximum absolute atomic E-state index is 12.5. The largest absolute Gasteiger partial charge is 0.290 e. The Morgan fingerprint density at radius 1 is 0.935 bits per heavy atom. The molecule has 2 aromatic carbocycles. The van der Waals surface area contributed by atoms with Gasteiger partial charge in [0.05, 0.1) is 10.3 Å². The molecule has 0 saturated carbocycles. The summed E-state index contributed by atoms with van der Waals surface area (Å²) < 4.78 is 26.3. The van der Waals surface area contributed by atoms with Crippen molar-refractivity contribution >= 4 is 32.6 Å². The van der Waals surface area contributed by atoms with E-state index in [4.69, 9.17) is 0 Å². The van der Waals surface area contributed by atoms with Crippen molar-refractivity contribution in [3.63, 3.8) is 0 Å². The number of nitrogens with one attached hydrogen (secondary N) is 3. The summed E-state index contributed by atoms with van der Waals surface area (Å²) in [6.07, 6.45) is 0. The maximum atomic E-state index is 12.5. The number of hydrogen-bond acceptors (Lipinski definition) is 6. The van der Waals surface area contributed by atoms with E-state index in [2.05, 4.69) is 21.0 Å². The van der Waals surface area contributed by atoms with Crippen LogP contribution >= 0.6 is 0 Å². The van der Waals surface area contributed by atoms with Crippen LogP contribution in [0.5, 0.6) is 0 Å². The highest BCUT2D eigenvalue weighted by Gasteiger charge is 2.22. The molecule has 0 fully saturated rings. The minimum absolute atomic E-state index is 0.0591. The molecule has 1 heterocycles. The highest BCUT2D eigenvalue weighted by Crippen LogP contribution is 2.16. The lowest BCUT2D eigenvalue weighted by Gasteiger charge is -2.18. The molecule has 10 nitrogen and oxygen atoms in total. The third-order valence-electron chi connectivity index (χ3n) is 4.66.